The molecule has 0 saturated heterocycles. The molecule has 4 rings (SSSR count). The maximum Gasteiger partial charge on any atom is 0.165 e. The molecule has 0 aromatic carbocycles. The van der Waals surface area contributed by atoms with Crippen LogP contribution < -0.4 is 0 Å². The minimum Gasteiger partial charge on any atom is -0.309 e. The molecular weight excluding hydrogens is 274 g/mol. The number of aromatic nitrogens is 5. The van der Waals surface area contributed by atoms with Gasteiger partial charge in [-0.15, -0.1) is 0 Å². The molecular formula is C14H12ClN5. The maximum absolute atomic E-state index is 6.13. The standard InChI is InChI=1S/C14H12ClN5/c15-13-12-14(18-8-17-13)20(10-1-2-10)11(19-12)7-9-3-5-16-6-4-9/h3-6,8,10H,1-2,7H2. The highest BCUT2D eigenvalue weighted by atomic mass is 35.5. The van der Waals surface area contributed by atoms with Crippen molar-refractivity contribution < 1.29 is 0 Å². The van der Waals surface area contributed by atoms with Gasteiger partial charge in [0.1, 0.15) is 17.7 Å². The molecule has 3 heterocycles. The Hall–Kier alpha value is -2.01. The van der Waals surface area contributed by atoms with Gasteiger partial charge in [-0.2, -0.15) is 0 Å². The third kappa shape index (κ3) is 1.94. The van der Waals surface area contributed by atoms with Crippen LogP contribution in [0.1, 0.15) is 30.3 Å². The first-order chi connectivity index (χ1) is 9.83. The van der Waals surface area contributed by atoms with Crippen molar-refractivity contribution in [1.82, 2.24) is 24.5 Å². The molecule has 0 spiro atoms. The van der Waals surface area contributed by atoms with Crippen LogP contribution in [0.4, 0.5) is 0 Å². The average Bonchev–Trinajstić information content (AvgIpc) is 3.23. The minimum atomic E-state index is 0.422. The van der Waals surface area contributed by atoms with Gasteiger partial charge in [-0.05, 0) is 30.5 Å². The predicted octanol–water partition coefficient (Wildman–Crippen LogP) is 2.80. The number of hydrogen-bond donors (Lipinski definition) is 0. The first kappa shape index (κ1) is 11.8. The van der Waals surface area contributed by atoms with Crippen LogP contribution in [0.2, 0.25) is 5.15 Å². The Morgan fingerprint density at radius 2 is 2.00 bits per heavy atom. The summed E-state index contributed by atoms with van der Waals surface area (Å²) >= 11 is 6.13. The summed E-state index contributed by atoms with van der Waals surface area (Å²) in [5.74, 6) is 0.996. The highest BCUT2D eigenvalue weighted by Crippen LogP contribution is 2.39. The van der Waals surface area contributed by atoms with Gasteiger partial charge in [0.2, 0.25) is 0 Å². The lowest BCUT2D eigenvalue weighted by Crippen LogP contribution is -2.03. The van der Waals surface area contributed by atoms with E-state index in [1.807, 2.05) is 12.1 Å². The van der Waals surface area contributed by atoms with Crippen LogP contribution in [0.25, 0.3) is 11.2 Å². The van der Waals surface area contributed by atoms with E-state index in [4.69, 9.17) is 11.6 Å². The van der Waals surface area contributed by atoms with Crippen molar-refractivity contribution in [3.05, 3.63) is 47.4 Å². The molecule has 20 heavy (non-hydrogen) atoms. The van der Waals surface area contributed by atoms with Crippen LogP contribution in [0.15, 0.2) is 30.9 Å². The Balaban J connectivity index is 1.86. The van der Waals surface area contributed by atoms with Crippen molar-refractivity contribution in [2.45, 2.75) is 25.3 Å². The quantitative estimate of drug-likeness (QED) is 0.694. The van der Waals surface area contributed by atoms with E-state index in [1.54, 1.807) is 12.4 Å². The zero-order chi connectivity index (χ0) is 13.5. The monoisotopic (exact) mass is 285 g/mol. The molecule has 0 atom stereocenters. The summed E-state index contributed by atoms with van der Waals surface area (Å²) in [7, 11) is 0. The third-order valence-electron chi connectivity index (χ3n) is 3.53. The van der Waals surface area contributed by atoms with Crippen LogP contribution in [0.3, 0.4) is 0 Å². The Bertz CT molecular complexity index is 764. The smallest absolute Gasteiger partial charge is 0.165 e. The molecule has 6 heteroatoms. The summed E-state index contributed by atoms with van der Waals surface area (Å²) in [6, 6.07) is 4.51. The summed E-state index contributed by atoms with van der Waals surface area (Å²) in [4.78, 5) is 17.1. The molecule has 5 nitrogen and oxygen atoms in total. The highest BCUT2D eigenvalue weighted by Gasteiger charge is 2.29. The van der Waals surface area contributed by atoms with Gasteiger partial charge in [0.15, 0.2) is 10.8 Å². The molecule has 0 radical (unpaired) electrons. The highest BCUT2D eigenvalue weighted by molar-refractivity contribution is 6.33. The topological polar surface area (TPSA) is 56.5 Å². The number of hydrogen-bond acceptors (Lipinski definition) is 4. The van der Waals surface area contributed by atoms with Gasteiger partial charge in [0.05, 0.1) is 0 Å². The second-order valence-corrected chi connectivity index (χ2v) is 5.36. The molecule has 0 N–H and O–H groups in total. The summed E-state index contributed by atoms with van der Waals surface area (Å²) in [6.45, 7) is 0. The number of halogens is 1. The number of imidazole rings is 1. The number of pyridine rings is 1. The molecule has 3 aromatic heterocycles. The lowest BCUT2D eigenvalue weighted by atomic mass is 10.2. The van der Waals surface area contributed by atoms with Gasteiger partial charge in [0, 0.05) is 24.9 Å². The van der Waals surface area contributed by atoms with Crippen molar-refractivity contribution in [2.75, 3.05) is 0 Å². The average molecular weight is 286 g/mol. The van der Waals surface area contributed by atoms with Crippen LogP contribution >= 0.6 is 11.6 Å². The van der Waals surface area contributed by atoms with E-state index in [-0.39, 0.29) is 0 Å². The van der Waals surface area contributed by atoms with Crippen molar-refractivity contribution >= 4 is 22.8 Å². The Morgan fingerprint density at radius 3 is 2.75 bits per heavy atom. The Kier molecular flexibility index (Phi) is 2.67. The SMILES string of the molecule is Clc1ncnc2c1nc(Cc1ccncc1)n2C1CC1. The zero-order valence-corrected chi connectivity index (χ0v) is 11.5. The first-order valence-corrected chi connectivity index (χ1v) is 6.97. The minimum absolute atomic E-state index is 0.422. The normalized spacial score (nSPS) is 14.8. The molecule has 3 aromatic rings. The van der Waals surface area contributed by atoms with E-state index in [0.717, 1.165) is 17.9 Å². The first-order valence-electron chi connectivity index (χ1n) is 6.59. The van der Waals surface area contributed by atoms with E-state index in [9.17, 15) is 0 Å². The van der Waals surface area contributed by atoms with E-state index in [0.29, 0.717) is 16.7 Å². The molecule has 1 saturated carbocycles. The third-order valence-corrected chi connectivity index (χ3v) is 3.81. The van der Waals surface area contributed by atoms with Gasteiger partial charge >= 0.3 is 0 Å². The number of rotatable bonds is 3. The van der Waals surface area contributed by atoms with E-state index in [2.05, 4.69) is 24.5 Å². The van der Waals surface area contributed by atoms with Crippen LogP contribution in [0, 0.1) is 0 Å². The molecule has 100 valence electrons. The van der Waals surface area contributed by atoms with E-state index < -0.39 is 0 Å². The van der Waals surface area contributed by atoms with Crippen LogP contribution in [-0.2, 0) is 6.42 Å². The molecule has 0 amide bonds. The molecule has 1 aliphatic rings. The fraction of sp³-hybridized carbons (Fsp3) is 0.286. The Labute approximate surface area is 120 Å². The molecule has 0 bridgehead atoms. The lowest BCUT2D eigenvalue weighted by molar-refractivity contribution is 0.708. The summed E-state index contributed by atoms with van der Waals surface area (Å²) in [5, 5.41) is 0.422. The van der Waals surface area contributed by atoms with Crippen LogP contribution in [-0.4, -0.2) is 24.5 Å². The van der Waals surface area contributed by atoms with Gasteiger partial charge < -0.3 is 4.57 Å². The second-order valence-electron chi connectivity index (χ2n) is 5.00. The van der Waals surface area contributed by atoms with Crippen LogP contribution in [0.5, 0.6) is 0 Å². The lowest BCUT2D eigenvalue weighted by Gasteiger charge is -2.06. The van der Waals surface area contributed by atoms with Gasteiger partial charge in [0.25, 0.3) is 0 Å². The summed E-state index contributed by atoms with van der Waals surface area (Å²) in [5.41, 5.74) is 2.72. The fourth-order valence-electron chi connectivity index (χ4n) is 2.45. The summed E-state index contributed by atoms with van der Waals surface area (Å²) in [6.07, 6.45) is 8.21. The van der Waals surface area contributed by atoms with Crippen molar-refractivity contribution in [3.63, 3.8) is 0 Å². The van der Waals surface area contributed by atoms with Gasteiger partial charge in [-0.3, -0.25) is 4.98 Å². The van der Waals surface area contributed by atoms with E-state index in [1.165, 1.54) is 24.7 Å². The summed E-state index contributed by atoms with van der Waals surface area (Å²) < 4.78 is 2.21. The molecule has 1 fully saturated rings. The van der Waals surface area contributed by atoms with E-state index >= 15 is 0 Å². The van der Waals surface area contributed by atoms with Crippen molar-refractivity contribution in [1.29, 1.82) is 0 Å². The molecule has 1 aliphatic carbocycles. The largest absolute Gasteiger partial charge is 0.309 e. The number of nitrogens with zero attached hydrogens (tertiary/aromatic N) is 5. The number of fused-ring (bicyclic) bond motifs is 1. The fourth-order valence-corrected chi connectivity index (χ4v) is 2.62. The van der Waals surface area contributed by atoms with Gasteiger partial charge in [-0.1, -0.05) is 11.6 Å². The second kappa shape index (κ2) is 4.52. The van der Waals surface area contributed by atoms with Gasteiger partial charge in [-0.25, -0.2) is 15.0 Å². The Morgan fingerprint density at radius 1 is 1.20 bits per heavy atom. The molecule has 0 aliphatic heterocycles. The zero-order valence-electron chi connectivity index (χ0n) is 10.7. The predicted molar refractivity (Wildman–Crippen MR) is 75.6 cm³/mol. The maximum atomic E-state index is 6.13. The van der Waals surface area contributed by atoms with Crippen molar-refractivity contribution in [2.24, 2.45) is 0 Å². The molecule has 0 unspecified atom stereocenters. The van der Waals surface area contributed by atoms with Crippen molar-refractivity contribution in [3.8, 4) is 0 Å².